The molecule has 8 heteroatoms. The highest BCUT2D eigenvalue weighted by Crippen LogP contribution is 2.31. The van der Waals surface area contributed by atoms with Gasteiger partial charge in [0.15, 0.2) is 0 Å². The van der Waals surface area contributed by atoms with Gasteiger partial charge >= 0.3 is 12.1 Å². The highest BCUT2D eigenvalue weighted by atomic mass is 16.5. The number of rotatable bonds is 9. The molecule has 3 rings (SSSR count). The van der Waals surface area contributed by atoms with Crippen LogP contribution in [-0.2, 0) is 37.5 Å². The Balaban J connectivity index is 1.79. The van der Waals surface area contributed by atoms with Crippen molar-refractivity contribution in [1.82, 2.24) is 10.6 Å². The zero-order valence-corrected chi connectivity index (χ0v) is 22.1. The first-order chi connectivity index (χ1) is 18.1. The van der Waals surface area contributed by atoms with Crippen LogP contribution in [0.25, 0.3) is 0 Å². The van der Waals surface area contributed by atoms with Crippen LogP contribution in [0, 0.1) is 0 Å². The maximum atomic E-state index is 13.4. The number of amides is 2. The minimum atomic E-state index is -1.11. The van der Waals surface area contributed by atoms with E-state index in [4.69, 9.17) is 9.47 Å². The van der Waals surface area contributed by atoms with E-state index < -0.39 is 30.1 Å². The van der Waals surface area contributed by atoms with Crippen LogP contribution in [0.3, 0.4) is 0 Å². The van der Waals surface area contributed by atoms with Gasteiger partial charge in [-0.15, -0.1) is 0 Å². The van der Waals surface area contributed by atoms with E-state index in [1.54, 1.807) is 42.5 Å². The van der Waals surface area contributed by atoms with Crippen molar-refractivity contribution in [3.05, 3.63) is 101 Å². The first-order valence-electron chi connectivity index (χ1n) is 12.3. The average Bonchev–Trinajstić information content (AvgIpc) is 2.91. The zero-order chi connectivity index (χ0) is 27.7. The van der Waals surface area contributed by atoms with Crippen molar-refractivity contribution in [2.75, 3.05) is 7.11 Å². The number of hydrogen-bond acceptors (Lipinski definition) is 6. The zero-order valence-electron chi connectivity index (χ0n) is 22.1. The molecule has 2 atom stereocenters. The standard InChI is InChI=1S/C30H34N2O6/c1-30(2,3)23-17-21(15-16-25(23)33)18-24(28(35)37-4)31-27(34)26(22-13-9-6-10-14-22)32-29(36)38-19-20-11-7-5-8-12-20/h5-17,24,26,33H,18-19H2,1-4H3,(H,31,34)(H,32,36)/t24-,26-/m0/s1. The third-order valence-electron chi connectivity index (χ3n) is 5.98. The normalized spacial score (nSPS) is 12.6. The Hall–Kier alpha value is -4.33. The van der Waals surface area contributed by atoms with Gasteiger partial charge < -0.3 is 25.2 Å². The van der Waals surface area contributed by atoms with Gasteiger partial charge in [-0.3, -0.25) is 4.79 Å². The Bertz CT molecular complexity index is 1240. The van der Waals surface area contributed by atoms with E-state index in [-0.39, 0.29) is 24.2 Å². The second kappa shape index (κ2) is 12.8. The van der Waals surface area contributed by atoms with E-state index in [9.17, 15) is 19.5 Å². The third kappa shape index (κ3) is 7.83. The van der Waals surface area contributed by atoms with E-state index in [0.29, 0.717) is 5.56 Å². The van der Waals surface area contributed by atoms with E-state index in [2.05, 4.69) is 10.6 Å². The van der Waals surface area contributed by atoms with Gasteiger partial charge in [0.2, 0.25) is 5.91 Å². The molecule has 0 unspecified atom stereocenters. The van der Waals surface area contributed by atoms with Crippen LogP contribution < -0.4 is 10.6 Å². The lowest BCUT2D eigenvalue weighted by Gasteiger charge is -2.24. The SMILES string of the molecule is COC(=O)[C@H](Cc1ccc(O)c(C(C)(C)C)c1)NC(=O)[C@@H](NC(=O)OCc1ccccc1)c1ccccc1. The van der Waals surface area contributed by atoms with Crippen LogP contribution in [0.2, 0.25) is 0 Å². The second-order valence-electron chi connectivity index (χ2n) is 9.94. The van der Waals surface area contributed by atoms with Gasteiger partial charge in [0, 0.05) is 6.42 Å². The fraction of sp³-hybridized carbons (Fsp3) is 0.300. The highest BCUT2D eigenvalue weighted by Gasteiger charge is 2.29. The number of carbonyl (C=O) groups excluding carboxylic acids is 3. The molecule has 0 saturated carbocycles. The summed E-state index contributed by atoms with van der Waals surface area (Å²) in [4.78, 5) is 38.7. The summed E-state index contributed by atoms with van der Waals surface area (Å²) >= 11 is 0. The summed E-state index contributed by atoms with van der Waals surface area (Å²) in [7, 11) is 1.24. The molecule has 3 aromatic rings. The summed E-state index contributed by atoms with van der Waals surface area (Å²) in [5.74, 6) is -1.08. The maximum Gasteiger partial charge on any atom is 0.408 e. The fourth-order valence-corrected chi connectivity index (χ4v) is 3.97. The van der Waals surface area contributed by atoms with Crippen molar-refractivity contribution >= 4 is 18.0 Å². The van der Waals surface area contributed by atoms with Crippen molar-refractivity contribution < 1.29 is 29.0 Å². The molecule has 0 radical (unpaired) electrons. The first-order valence-corrected chi connectivity index (χ1v) is 12.3. The van der Waals surface area contributed by atoms with Gasteiger partial charge in [-0.1, -0.05) is 93.6 Å². The lowest BCUT2D eigenvalue weighted by Crippen LogP contribution is -2.48. The summed E-state index contributed by atoms with van der Waals surface area (Å²) in [6.07, 6.45) is -0.650. The van der Waals surface area contributed by atoms with Crippen LogP contribution in [0.15, 0.2) is 78.9 Å². The number of phenols is 1. The smallest absolute Gasteiger partial charge is 0.408 e. The summed E-state index contributed by atoms with van der Waals surface area (Å²) < 4.78 is 10.3. The Morgan fingerprint density at radius 2 is 1.50 bits per heavy atom. The number of alkyl carbamates (subject to hydrolysis) is 1. The average molecular weight is 519 g/mol. The third-order valence-corrected chi connectivity index (χ3v) is 5.98. The van der Waals surface area contributed by atoms with Crippen molar-refractivity contribution in [3.8, 4) is 5.75 Å². The van der Waals surface area contributed by atoms with Crippen molar-refractivity contribution in [2.24, 2.45) is 0 Å². The molecule has 3 N–H and O–H groups in total. The van der Waals surface area contributed by atoms with Crippen molar-refractivity contribution in [3.63, 3.8) is 0 Å². The van der Waals surface area contributed by atoms with Crippen LogP contribution in [-0.4, -0.2) is 36.2 Å². The Labute approximate surface area is 223 Å². The number of phenolic OH excluding ortho intramolecular Hbond substituents is 1. The van der Waals surface area contributed by atoms with Gasteiger partial charge in [-0.05, 0) is 33.7 Å². The molecular weight excluding hydrogens is 484 g/mol. The molecule has 3 aromatic carbocycles. The molecule has 0 heterocycles. The van der Waals surface area contributed by atoms with Gasteiger partial charge in [-0.25, -0.2) is 9.59 Å². The molecule has 0 bridgehead atoms. The highest BCUT2D eigenvalue weighted by molar-refractivity contribution is 5.90. The molecule has 0 aliphatic carbocycles. The molecule has 0 aromatic heterocycles. The number of hydrogen-bond donors (Lipinski definition) is 3. The minimum absolute atomic E-state index is 0.0392. The predicted octanol–water partition coefficient (Wildman–Crippen LogP) is 4.56. The molecule has 38 heavy (non-hydrogen) atoms. The number of carbonyl (C=O) groups is 3. The lowest BCUT2D eigenvalue weighted by molar-refractivity contribution is -0.145. The van der Waals surface area contributed by atoms with E-state index in [1.165, 1.54) is 7.11 Å². The summed E-state index contributed by atoms with van der Waals surface area (Å²) in [5.41, 5.74) is 2.44. The number of benzene rings is 3. The van der Waals surface area contributed by atoms with E-state index >= 15 is 0 Å². The molecule has 0 spiro atoms. The van der Waals surface area contributed by atoms with Crippen LogP contribution in [0.1, 0.15) is 49.1 Å². The Kier molecular flexibility index (Phi) is 9.49. The first kappa shape index (κ1) is 28.2. The topological polar surface area (TPSA) is 114 Å². The molecule has 8 nitrogen and oxygen atoms in total. The number of ether oxygens (including phenoxy) is 2. The van der Waals surface area contributed by atoms with E-state index in [1.807, 2.05) is 57.2 Å². The predicted molar refractivity (Wildman–Crippen MR) is 143 cm³/mol. The Morgan fingerprint density at radius 1 is 0.868 bits per heavy atom. The van der Waals surface area contributed by atoms with Gasteiger partial charge in [0.25, 0.3) is 0 Å². The van der Waals surface area contributed by atoms with Gasteiger partial charge in [-0.2, -0.15) is 0 Å². The largest absolute Gasteiger partial charge is 0.508 e. The Morgan fingerprint density at radius 3 is 2.11 bits per heavy atom. The van der Waals surface area contributed by atoms with Gasteiger partial charge in [0.1, 0.15) is 24.4 Å². The quantitative estimate of drug-likeness (QED) is 0.358. The van der Waals surface area contributed by atoms with Crippen LogP contribution in [0.4, 0.5) is 4.79 Å². The molecule has 2 amide bonds. The lowest BCUT2D eigenvalue weighted by atomic mass is 9.85. The number of methoxy groups -OCH3 is 1. The summed E-state index contributed by atoms with van der Waals surface area (Å²) in [5, 5.41) is 15.6. The van der Waals surface area contributed by atoms with Gasteiger partial charge in [0.05, 0.1) is 7.11 Å². The molecule has 0 aliphatic rings. The molecule has 200 valence electrons. The van der Waals surface area contributed by atoms with Crippen molar-refractivity contribution in [1.29, 1.82) is 0 Å². The minimum Gasteiger partial charge on any atom is -0.508 e. The van der Waals surface area contributed by atoms with Crippen molar-refractivity contribution in [2.45, 2.75) is 51.3 Å². The van der Waals surface area contributed by atoms with Crippen LogP contribution >= 0.6 is 0 Å². The molecule has 0 saturated heterocycles. The summed E-state index contributed by atoms with van der Waals surface area (Å²) in [6, 6.07) is 20.8. The second-order valence-corrected chi connectivity index (χ2v) is 9.94. The number of aromatic hydroxyl groups is 1. The maximum absolute atomic E-state index is 13.4. The monoisotopic (exact) mass is 518 g/mol. The fourth-order valence-electron chi connectivity index (χ4n) is 3.97. The molecule has 0 fully saturated rings. The van der Waals surface area contributed by atoms with E-state index in [0.717, 1.165) is 16.7 Å². The number of nitrogens with one attached hydrogen (secondary N) is 2. The number of esters is 1. The van der Waals surface area contributed by atoms with Crippen LogP contribution in [0.5, 0.6) is 5.75 Å². The molecule has 0 aliphatic heterocycles. The summed E-state index contributed by atoms with van der Waals surface area (Å²) in [6.45, 7) is 5.95. The molecular formula is C30H34N2O6.